The summed E-state index contributed by atoms with van der Waals surface area (Å²) in [4.78, 5) is 7.49. The summed E-state index contributed by atoms with van der Waals surface area (Å²) in [5, 5.41) is 3.52. The lowest BCUT2D eigenvalue weighted by Crippen LogP contribution is -2.08. The molecule has 0 saturated carbocycles. The number of hydrogen-bond donors (Lipinski definition) is 0. The predicted octanol–water partition coefficient (Wildman–Crippen LogP) is 2.75. The Bertz CT molecular complexity index is 998. The summed E-state index contributed by atoms with van der Waals surface area (Å²) in [5.41, 5.74) is 0.590. The van der Waals surface area contributed by atoms with E-state index in [2.05, 4.69) is 15.1 Å². The minimum absolute atomic E-state index is 0.0486. The summed E-state index contributed by atoms with van der Waals surface area (Å²) < 4.78 is 63.0. The quantitative estimate of drug-likeness (QED) is 0.710. The maximum absolute atomic E-state index is 13.0. The predicted molar refractivity (Wildman–Crippen MR) is 82.7 cm³/mol. The highest BCUT2D eigenvalue weighted by Crippen LogP contribution is 2.30. The molecule has 0 radical (unpaired) electrons. The average Bonchev–Trinajstić information content (AvgIpc) is 3.00. The van der Waals surface area contributed by atoms with Crippen molar-refractivity contribution >= 4 is 9.84 Å². The standard InChI is InChI=1S/C15H11F3N4O2S/c1-25(23,24)12-6-4-11(5-7-12)22-13(10-3-2-8-19-9-10)20-14(21-22)15(16,17)18/h2-9H,1H3. The van der Waals surface area contributed by atoms with Crippen LogP contribution in [0.3, 0.4) is 0 Å². The molecular formula is C15H11F3N4O2S. The number of pyridine rings is 1. The molecule has 3 rings (SSSR count). The molecular weight excluding hydrogens is 357 g/mol. The maximum Gasteiger partial charge on any atom is 0.453 e. The van der Waals surface area contributed by atoms with Crippen LogP contribution in [0.2, 0.25) is 0 Å². The Kier molecular flexibility index (Phi) is 4.07. The highest BCUT2D eigenvalue weighted by molar-refractivity contribution is 7.90. The van der Waals surface area contributed by atoms with Gasteiger partial charge in [-0.3, -0.25) is 4.98 Å². The first-order valence-electron chi connectivity index (χ1n) is 6.91. The lowest BCUT2D eigenvalue weighted by Gasteiger charge is -2.06. The number of nitrogens with zero attached hydrogens (tertiary/aromatic N) is 4. The Hall–Kier alpha value is -2.75. The van der Waals surface area contributed by atoms with Gasteiger partial charge in [0, 0.05) is 24.2 Å². The van der Waals surface area contributed by atoms with E-state index >= 15 is 0 Å². The van der Waals surface area contributed by atoms with Gasteiger partial charge >= 0.3 is 6.18 Å². The first kappa shape index (κ1) is 17.1. The van der Waals surface area contributed by atoms with E-state index in [-0.39, 0.29) is 16.4 Å². The zero-order chi connectivity index (χ0) is 18.2. The molecule has 3 aromatic rings. The summed E-state index contributed by atoms with van der Waals surface area (Å²) in [6.07, 6.45) is -0.823. The molecule has 0 aliphatic heterocycles. The molecule has 0 spiro atoms. The lowest BCUT2D eigenvalue weighted by atomic mass is 10.2. The van der Waals surface area contributed by atoms with Crippen LogP contribution in [0.15, 0.2) is 53.7 Å². The number of rotatable bonds is 3. The van der Waals surface area contributed by atoms with Gasteiger partial charge in [0.2, 0.25) is 0 Å². The van der Waals surface area contributed by atoms with Crippen molar-refractivity contribution in [2.24, 2.45) is 0 Å². The average molecular weight is 368 g/mol. The van der Waals surface area contributed by atoms with E-state index < -0.39 is 21.8 Å². The SMILES string of the molecule is CS(=O)(=O)c1ccc(-n2nc(C(F)(F)F)nc2-c2cccnc2)cc1. The minimum Gasteiger partial charge on any atom is -0.264 e. The first-order valence-corrected chi connectivity index (χ1v) is 8.80. The molecule has 0 aliphatic rings. The van der Waals surface area contributed by atoms with Crippen molar-refractivity contribution in [1.82, 2.24) is 19.7 Å². The molecule has 0 N–H and O–H groups in total. The van der Waals surface area contributed by atoms with E-state index in [1.54, 1.807) is 12.1 Å². The second kappa shape index (κ2) is 5.96. The van der Waals surface area contributed by atoms with E-state index in [0.717, 1.165) is 10.9 Å². The van der Waals surface area contributed by atoms with E-state index in [9.17, 15) is 21.6 Å². The number of sulfone groups is 1. The van der Waals surface area contributed by atoms with Crippen molar-refractivity contribution in [3.63, 3.8) is 0 Å². The highest BCUT2D eigenvalue weighted by atomic mass is 32.2. The molecule has 0 saturated heterocycles. The highest BCUT2D eigenvalue weighted by Gasteiger charge is 2.37. The summed E-state index contributed by atoms with van der Waals surface area (Å²) in [6, 6.07) is 8.45. The molecule has 6 nitrogen and oxygen atoms in total. The number of aromatic nitrogens is 4. The molecule has 1 aromatic carbocycles. The van der Waals surface area contributed by atoms with Gasteiger partial charge in [-0.15, -0.1) is 5.10 Å². The Morgan fingerprint density at radius 1 is 1.08 bits per heavy atom. The third kappa shape index (κ3) is 3.53. The van der Waals surface area contributed by atoms with Gasteiger partial charge in [-0.25, -0.2) is 18.1 Å². The van der Waals surface area contributed by atoms with Crippen molar-refractivity contribution in [3.8, 4) is 17.1 Å². The molecule has 2 aromatic heterocycles. The molecule has 0 amide bonds. The number of alkyl halides is 3. The number of hydrogen-bond acceptors (Lipinski definition) is 5. The summed E-state index contributed by atoms with van der Waals surface area (Å²) >= 11 is 0. The zero-order valence-corrected chi connectivity index (χ0v) is 13.6. The summed E-state index contributed by atoms with van der Waals surface area (Å²) in [6.45, 7) is 0. The van der Waals surface area contributed by atoms with Crippen molar-refractivity contribution in [3.05, 3.63) is 54.6 Å². The van der Waals surface area contributed by atoms with Crippen LogP contribution >= 0.6 is 0 Å². The zero-order valence-electron chi connectivity index (χ0n) is 12.8. The van der Waals surface area contributed by atoms with Crippen LogP contribution in [0, 0.1) is 0 Å². The van der Waals surface area contributed by atoms with Crippen LogP contribution in [-0.4, -0.2) is 34.4 Å². The lowest BCUT2D eigenvalue weighted by molar-refractivity contribution is -0.144. The summed E-state index contributed by atoms with van der Waals surface area (Å²) in [7, 11) is -3.42. The van der Waals surface area contributed by atoms with Gasteiger partial charge < -0.3 is 0 Å². The van der Waals surface area contributed by atoms with Crippen LogP contribution in [-0.2, 0) is 16.0 Å². The molecule has 0 bridgehead atoms. The van der Waals surface area contributed by atoms with Gasteiger partial charge in [0.15, 0.2) is 15.7 Å². The molecule has 10 heteroatoms. The second-order valence-electron chi connectivity index (χ2n) is 5.18. The fourth-order valence-corrected chi connectivity index (χ4v) is 2.76. The minimum atomic E-state index is -4.71. The van der Waals surface area contributed by atoms with Crippen molar-refractivity contribution < 1.29 is 21.6 Å². The molecule has 130 valence electrons. The Balaban J connectivity index is 2.16. The van der Waals surface area contributed by atoms with Gasteiger partial charge in [-0.1, -0.05) is 0 Å². The molecule has 0 fully saturated rings. The van der Waals surface area contributed by atoms with Gasteiger partial charge in [0.25, 0.3) is 5.82 Å². The Labute approximate surface area is 140 Å². The van der Waals surface area contributed by atoms with Crippen molar-refractivity contribution in [2.45, 2.75) is 11.1 Å². The van der Waals surface area contributed by atoms with Gasteiger partial charge in [0.1, 0.15) is 0 Å². The van der Waals surface area contributed by atoms with Crippen molar-refractivity contribution in [1.29, 1.82) is 0 Å². The smallest absolute Gasteiger partial charge is 0.264 e. The van der Waals surface area contributed by atoms with Gasteiger partial charge in [-0.2, -0.15) is 13.2 Å². The normalized spacial score (nSPS) is 12.3. The molecule has 2 heterocycles. The Morgan fingerprint density at radius 3 is 2.28 bits per heavy atom. The fourth-order valence-electron chi connectivity index (χ4n) is 2.13. The molecule has 0 atom stereocenters. The van der Waals surface area contributed by atoms with Crippen LogP contribution in [0.5, 0.6) is 0 Å². The number of halogens is 3. The second-order valence-corrected chi connectivity index (χ2v) is 7.19. The Morgan fingerprint density at radius 2 is 1.76 bits per heavy atom. The van der Waals surface area contributed by atoms with Crippen LogP contribution in [0.4, 0.5) is 13.2 Å². The van der Waals surface area contributed by atoms with Crippen LogP contribution in [0.25, 0.3) is 17.1 Å². The number of benzene rings is 1. The fraction of sp³-hybridized carbons (Fsp3) is 0.133. The molecule has 0 unspecified atom stereocenters. The molecule has 0 aliphatic carbocycles. The third-order valence-corrected chi connectivity index (χ3v) is 4.42. The van der Waals surface area contributed by atoms with E-state index in [1.165, 1.54) is 36.7 Å². The van der Waals surface area contributed by atoms with E-state index in [4.69, 9.17) is 0 Å². The van der Waals surface area contributed by atoms with Crippen LogP contribution < -0.4 is 0 Å². The van der Waals surface area contributed by atoms with E-state index in [1.807, 2.05) is 0 Å². The summed E-state index contributed by atoms with van der Waals surface area (Å²) in [5.74, 6) is -1.34. The topological polar surface area (TPSA) is 77.7 Å². The van der Waals surface area contributed by atoms with Gasteiger partial charge in [-0.05, 0) is 36.4 Å². The maximum atomic E-state index is 13.0. The monoisotopic (exact) mass is 368 g/mol. The first-order chi connectivity index (χ1) is 11.7. The van der Waals surface area contributed by atoms with E-state index in [0.29, 0.717) is 5.56 Å². The van der Waals surface area contributed by atoms with Crippen LogP contribution in [0.1, 0.15) is 5.82 Å². The largest absolute Gasteiger partial charge is 0.453 e. The van der Waals surface area contributed by atoms with Crippen molar-refractivity contribution in [2.75, 3.05) is 6.26 Å². The van der Waals surface area contributed by atoms with Gasteiger partial charge in [0.05, 0.1) is 10.6 Å². The molecule has 25 heavy (non-hydrogen) atoms. The third-order valence-electron chi connectivity index (χ3n) is 3.29.